The second-order valence-electron chi connectivity index (χ2n) is 10.3. The third-order valence-electron chi connectivity index (χ3n) is 7.56. The summed E-state index contributed by atoms with van der Waals surface area (Å²) in [5, 5.41) is 5.76. The van der Waals surface area contributed by atoms with E-state index in [1.807, 2.05) is 37.3 Å². The number of carbonyl (C=O) groups is 1. The van der Waals surface area contributed by atoms with E-state index in [9.17, 15) is 13.2 Å². The molecule has 39 heavy (non-hydrogen) atoms. The largest absolute Gasteiger partial charge is 0.492 e. The van der Waals surface area contributed by atoms with Gasteiger partial charge in [0.05, 0.1) is 23.4 Å². The first-order valence-electron chi connectivity index (χ1n) is 13.9. The average molecular weight is 556 g/mol. The molecular formula is C28H37N5O5S. The lowest BCUT2D eigenvalue weighted by molar-refractivity contribution is 0.0499. The monoisotopic (exact) mass is 555 g/mol. The van der Waals surface area contributed by atoms with E-state index in [1.54, 1.807) is 17.7 Å². The van der Waals surface area contributed by atoms with Crippen molar-refractivity contribution in [3.05, 3.63) is 47.8 Å². The highest BCUT2D eigenvalue weighted by atomic mass is 32.2. The lowest BCUT2D eigenvalue weighted by atomic mass is 9.82. The number of nitrogens with zero attached hydrogens (tertiary/aromatic N) is 4. The zero-order valence-corrected chi connectivity index (χ0v) is 23.5. The second-order valence-corrected chi connectivity index (χ2v) is 11.9. The summed E-state index contributed by atoms with van der Waals surface area (Å²) in [6, 6.07) is 11.2. The highest BCUT2D eigenvalue weighted by molar-refractivity contribution is 7.87. The zero-order valence-electron chi connectivity index (χ0n) is 22.6. The molecule has 10 nitrogen and oxygen atoms in total. The van der Waals surface area contributed by atoms with Crippen LogP contribution in [0, 0.1) is 5.92 Å². The molecule has 0 bridgehead atoms. The van der Waals surface area contributed by atoms with Gasteiger partial charge in [-0.2, -0.15) is 17.8 Å². The Kier molecular flexibility index (Phi) is 8.49. The molecule has 0 unspecified atom stereocenters. The van der Waals surface area contributed by atoms with Crippen molar-refractivity contribution in [3.8, 4) is 11.4 Å². The van der Waals surface area contributed by atoms with E-state index < -0.39 is 16.1 Å². The maximum Gasteiger partial charge on any atom is 0.304 e. The van der Waals surface area contributed by atoms with E-state index in [0.29, 0.717) is 50.1 Å². The van der Waals surface area contributed by atoms with Gasteiger partial charge in [0.2, 0.25) is 0 Å². The van der Waals surface area contributed by atoms with Crippen LogP contribution in [-0.2, 0) is 14.9 Å². The molecule has 11 heteroatoms. The van der Waals surface area contributed by atoms with E-state index in [1.165, 1.54) is 4.31 Å². The predicted octanol–water partition coefficient (Wildman–Crippen LogP) is 4.20. The molecule has 2 fully saturated rings. The molecule has 3 heterocycles. The number of aromatic nitrogens is 3. The molecule has 2 aliphatic rings. The standard InChI is InChI=1S/C28H37N5O5S/c1-3-15-32(4-2)39(35,36)31-28(34)23-18-24(38-19-20-13-16-37-17-14-20)25-26(21-9-8-10-21)30-33(27(25)29-23)22-11-6-5-7-12-22/h5-7,11-12,18,20-21H,3-4,8-10,13-17,19H2,1-2H3,(H,31,34). The molecular weight excluding hydrogens is 518 g/mol. The molecule has 0 radical (unpaired) electrons. The number of nitrogens with one attached hydrogen (secondary N) is 1. The Morgan fingerprint density at radius 2 is 1.90 bits per heavy atom. The van der Waals surface area contributed by atoms with Gasteiger partial charge in [-0.15, -0.1) is 0 Å². The Bertz CT molecular complexity index is 1400. The summed E-state index contributed by atoms with van der Waals surface area (Å²) >= 11 is 0. The topological polar surface area (TPSA) is 116 Å². The Labute approximate surface area is 229 Å². The molecule has 0 atom stereocenters. The quantitative estimate of drug-likeness (QED) is 0.377. The summed E-state index contributed by atoms with van der Waals surface area (Å²) in [5.74, 6) is 0.340. The first-order chi connectivity index (χ1) is 18.9. The van der Waals surface area contributed by atoms with Crippen molar-refractivity contribution < 1.29 is 22.7 Å². The molecule has 1 aliphatic carbocycles. The van der Waals surface area contributed by atoms with Crippen LogP contribution in [0.3, 0.4) is 0 Å². The Hall–Kier alpha value is -3.02. The summed E-state index contributed by atoms with van der Waals surface area (Å²) in [6.45, 7) is 6.09. The van der Waals surface area contributed by atoms with Crippen LogP contribution in [0.4, 0.5) is 0 Å². The fourth-order valence-electron chi connectivity index (χ4n) is 5.11. The number of pyridine rings is 1. The first-order valence-corrected chi connectivity index (χ1v) is 15.4. The average Bonchev–Trinajstić information content (AvgIpc) is 3.29. The fourth-order valence-corrected chi connectivity index (χ4v) is 6.34. The van der Waals surface area contributed by atoms with Gasteiger partial charge in [-0.3, -0.25) is 4.79 Å². The molecule has 3 aromatic rings. The van der Waals surface area contributed by atoms with Gasteiger partial charge < -0.3 is 9.47 Å². The van der Waals surface area contributed by atoms with Crippen LogP contribution in [-0.4, -0.2) is 66.3 Å². The van der Waals surface area contributed by atoms with E-state index in [4.69, 9.17) is 14.6 Å². The SMILES string of the molecule is CCCN(CC)S(=O)(=O)NC(=O)c1cc(OCC2CCOCC2)c2c(C3CCC3)nn(-c3ccccc3)c2n1. The van der Waals surface area contributed by atoms with Crippen molar-refractivity contribution in [2.24, 2.45) is 5.92 Å². The van der Waals surface area contributed by atoms with Gasteiger partial charge in [-0.05, 0) is 50.2 Å². The number of amides is 1. The number of hydrogen-bond donors (Lipinski definition) is 1. The molecule has 1 saturated heterocycles. The molecule has 210 valence electrons. The van der Waals surface area contributed by atoms with E-state index >= 15 is 0 Å². The van der Waals surface area contributed by atoms with Crippen molar-refractivity contribution >= 4 is 27.1 Å². The minimum atomic E-state index is -4.03. The third kappa shape index (κ3) is 5.95. The second kappa shape index (κ2) is 12.0. The highest BCUT2D eigenvalue weighted by Crippen LogP contribution is 2.42. The van der Waals surface area contributed by atoms with Gasteiger partial charge in [-0.25, -0.2) is 14.4 Å². The number of carbonyl (C=O) groups excluding carboxylic acids is 1. The third-order valence-corrected chi connectivity index (χ3v) is 9.12. The molecule has 1 aromatic carbocycles. The van der Waals surface area contributed by atoms with E-state index in [2.05, 4.69) is 9.71 Å². The molecule has 1 amide bonds. The van der Waals surface area contributed by atoms with Crippen molar-refractivity contribution in [3.63, 3.8) is 0 Å². The highest BCUT2D eigenvalue weighted by Gasteiger charge is 2.31. The number of benzene rings is 1. The van der Waals surface area contributed by atoms with Crippen LogP contribution in [0.1, 0.15) is 74.5 Å². The minimum absolute atomic E-state index is 0.0298. The fraction of sp³-hybridized carbons (Fsp3) is 0.536. The number of fused-ring (bicyclic) bond motifs is 1. The number of ether oxygens (including phenoxy) is 2. The summed E-state index contributed by atoms with van der Waals surface area (Å²) in [5.41, 5.74) is 2.17. The van der Waals surface area contributed by atoms with Crippen LogP contribution >= 0.6 is 0 Å². The summed E-state index contributed by atoms with van der Waals surface area (Å²) in [4.78, 5) is 18.1. The molecule has 2 aromatic heterocycles. The number of para-hydroxylation sites is 1. The predicted molar refractivity (Wildman–Crippen MR) is 148 cm³/mol. The summed E-state index contributed by atoms with van der Waals surface area (Å²) in [7, 11) is -4.03. The zero-order chi connectivity index (χ0) is 27.4. The number of rotatable bonds is 11. The Morgan fingerprint density at radius 3 is 2.54 bits per heavy atom. The normalized spacial score (nSPS) is 16.9. The summed E-state index contributed by atoms with van der Waals surface area (Å²) in [6.07, 6.45) is 5.65. The van der Waals surface area contributed by atoms with Crippen LogP contribution < -0.4 is 9.46 Å². The van der Waals surface area contributed by atoms with Gasteiger partial charge >= 0.3 is 10.2 Å². The van der Waals surface area contributed by atoms with Crippen LogP contribution in [0.25, 0.3) is 16.7 Å². The van der Waals surface area contributed by atoms with Crippen molar-refractivity contribution in [1.82, 2.24) is 23.8 Å². The van der Waals surface area contributed by atoms with E-state index in [0.717, 1.165) is 48.9 Å². The minimum Gasteiger partial charge on any atom is -0.492 e. The van der Waals surface area contributed by atoms with Crippen LogP contribution in [0.15, 0.2) is 36.4 Å². The maximum absolute atomic E-state index is 13.4. The Balaban J connectivity index is 1.59. The molecule has 1 aliphatic heterocycles. The maximum atomic E-state index is 13.4. The smallest absolute Gasteiger partial charge is 0.304 e. The lowest BCUT2D eigenvalue weighted by Crippen LogP contribution is -2.44. The van der Waals surface area contributed by atoms with Crippen LogP contribution in [0.2, 0.25) is 0 Å². The van der Waals surface area contributed by atoms with Gasteiger partial charge in [0, 0.05) is 38.3 Å². The number of hydrogen-bond acceptors (Lipinski definition) is 7. The molecule has 1 saturated carbocycles. The van der Waals surface area contributed by atoms with Crippen molar-refractivity contribution in [1.29, 1.82) is 0 Å². The van der Waals surface area contributed by atoms with E-state index in [-0.39, 0.29) is 18.2 Å². The van der Waals surface area contributed by atoms with Gasteiger partial charge in [0.1, 0.15) is 11.4 Å². The van der Waals surface area contributed by atoms with Gasteiger partial charge in [-0.1, -0.05) is 38.5 Å². The molecule has 5 rings (SSSR count). The summed E-state index contributed by atoms with van der Waals surface area (Å²) < 4.78 is 43.0. The van der Waals surface area contributed by atoms with Crippen molar-refractivity contribution in [2.45, 2.75) is 58.3 Å². The molecule has 0 spiro atoms. The lowest BCUT2D eigenvalue weighted by Gasteiger charge is -2.25. The van der Waals surface area contributed by atoms with Crippen LogP contribution in [0.5, 0.6) is 5.75 Å². The van der Waals surface area contributed by atoms with Crippen molar-refractivity contribution in [2.75, 3.05) is 32.9 Å². The Morgan fingerprint density at radius 1 is 1.15 bits per heavy atom. The first kappa shape index (κ1) is 27.5. The van der Waals surface area contributed by atoms with Gasteiger partial charge in [0.15, 0.2) is 5.65 Å². The molecule has 1 N–H and O–H groups in total. The van der Waals surface area contributed by atoms with Gasteiger partial charge in [0.25, 0.3) is 5.91 Å².